The molecule has 2 N–H and O–H groups in total. The van der Waals surface area contributed by atoms with Gasteiger partial charge in [-0.15, -0.1) is 0 Å². The van der Waals surface area contributed by atoms with Crippen LogP contribution in [-0.2, 0) is 4.74 Å². The van der Waals surface area contributed by atoms with Gasteiger partial charge in [0.2, 0.25) is 0 Å². The van der Waals surface area contributed by atoms with Crippen LogP contribution in [0.4, 0.5) is 11.6 Å². The van der Waals surface area contributed by atoms with E-state index in [1.165, 1.54) is 0 Å². The second-order valence-corrected chi connectivity index (χ2v) is 4.55. The molecule has 0 bridgehead atoms. The Bertz CT molecular complexity index is 368. The fourth-order valence-corrected chi connectivity index (χ4v) is 2.06. The largest absolute Gasteiger partial charge is 0.379 e. The average Bonchev–Trinajstić information content (AvgIpc) is 2.46. The molecule has 6 nitrogen and oxygen atoms in total. The van der Waals surface area contributed by atoms with Crippen LogP contribution in [0.2, 0.25) is 0 Å². The second kappa shape index (κ2) is 7.91. The van der Waals surface area contributed by atoms with Crippen LogP contribution in [0.25, 0.3) is 0 Å². The molecule has 0 amide bonds. The Hall–Kier alpha value is -1.40. The first-order chi connectivity index (χ1) is 9.38. The van der Waals surface area contributed by atoms with Crippen molar-refractivity contribution >= 4 is 11.6 Å². The Labute approximate surface area is 114 Å². The molecule has 2 rings (SSSR count). The van der Waals surface area contributed by atoms with E-state index >= 15 is 0 Å². The van der Waals surface area contributed by atoms with E-state index in [-0.39, 0.29) is 0 Å². The summed E-state index contributed by atoms with van der Waals surface area (Å²) in [7, 11) is 0. The third-order valence-electron chi connectivity index (χ3n) is 3.05. The quantitative estimate of drug-likeness (QED) is 0.718. The molecule has 0 unspecified atom stereocenters. The van der Waals surface area contributed by atoms with Crippen LogP contribution >= 0.6 is 0 Å². The highest BCUT2D eigenvalue weighted by molar-refractivity contribution is 5.41. The van der Waals surface area contributed by atoms with Crippen molar-refractivity contribution < 1.29 is 4.74 Å². The zero-order valence-electron chi connectivity index (χ0n) is 11.6. The molecule has 0 saturated carbocycles. The lowest BCUT2D eigenvalue weighted by atomic mass is 10.3. The first kappa shape index (κ1) is 14.0. The summed E-state index contributed by atoms with van der Waals surface area (Å²) >= 11 is 0. The van der Waals surface area contributed by atoms with Crippen LogP contribution in [0.1, 0.15) is 13.3 Å². The monoisotopic (exact) mass is 265 g/mol. The van der Waals surface area contributed by atoms with Gasteiger partial charge >= 0.3 is 0 Å². The molecule has 6 heteroatoms. The maximum Gasteiger partial charge on any atom is 0.146 e. The van der Waals surface area contributed by atoms with Crippen LogP contribution in [-0.4, -0.2) is 60.8 Å². The molecule has 1 aliphatic rings. The molecule has 19 heavy (non-hydrogen) atoms. The number of ether oxygens (including phenoxy) is 1. The highest BCUT2D eigenvalue weighted by Crippen LogP contribution is 2.06. The third-order valence-corrected chi connectivity index (χ3v) is 3.05. The number of aromatic nitrogens is 2. The number of nitrogens with zero attached hydrogens (tertiary/aromatic N) is 3. The lowest BCUT2D eigenvalue weighted by Crippen LogP contribution is -2.37. The van der Waals surface area contributed by atoms with Gasteiger partial charge in [0.1, 0.15) is 11.6 Å². The Balaban J connectivity index is 1.65. The molecular formula is C13H23N5O. The molecule has 0 radical (unpaired) electrons. The Kier molecular flexibility index (Phi) is 5.84. The van der Waals surface area contributed by atoms with Crippen molar-refractivity contribution in [1.29, 1.82) is 0 Å². The minimum Gasteiger partial charge on any atom is -0.379 e. The van der Waals surface area contributed by atoms with E-state index in [0.29, 0.717) is 0 Å². The third kappa shape index (κ3) is 5.00. The number of nitrogens with one attached hydrogen (secondary N) is 2. The smallest absolute Gasteiger partial charge is 0.146 e. The van der Waals surface area contributed by atoms with Gasteiger partial charge in [-0.1, -0.05) is 0 Å². The van der Waals surface area contributed by atoms with E-state index in [0.717, 1.165) is 64.0 Å². The summed E-state index contributed by atoms with van der Waals surface area (Å²) < 4.78 is 5.33. The van der Waals surface area contributed by atoms with E-state index in [4.69, 9.17) is 4.74 Å². The standard InChI is InChI=1S/C13H23N5O/c1-2-15-12-10-14-11-13(17-12)16-4-3-5-18-6-8-19-9-7-18/h10-11H,2-9H2,1H3,(H2,15,16,17). The van der Waals surface area contributed by atoms with Gasteiger partial charge < -0.3 is 15.4 Å². The highest BCUT2D eigenvalue weighted by Gasteiger charge is 2.09. The summed E-state index contributed by atoms with van der Waals surface area (Å²) in [6.45, 7) is 8.76. The van der Waals surface area contributed by atoms with Crippen molar-refractivity contribution in [2.75, 3.05) is 56.6 Å². The molecule has 106 valence electrons. The van der Waals surface area contributed by atoms with Crippen molar-refractivity contribution in [3.05, 3.63) is 12.4 Å². The zero-order chi connectivity index (χ0) is 13.3. The van der Waals surface area contributed by atoms with Crippen molar-refractivity contribution in [2.45, 2.75) is 13.3 Å². The van der Waals surface area contributed by atoms with Gasteiger partial charge in [-0.05, 0) is 19.9 Å². The summed E-state index contributed by atoms with van der Waals surface area (Å²) in [6.07, 6.45) is 4.60. The van der Waals surface area contributed by atoms with E-state index in [2.05, 4.69) is 25.5 Å². The first-order valence-corrected chi connectivity index (χ1v) is 6.98. The van der Waals surface area contributed by atoms with Crippen LogP contribution in [0, 0.1) is 0 Å². The van der Waals surface area contributed by atoms with Gasteiger partial charge in [0.05, 0.1) is 25.6 Å². The maximum atomic E-state index is 5.33. The van der Waals surface area contributed by atoms with Crippen LogP contribution in [0.15, 0.2) is 12.4 Å². The van der Waals surface area contributed by atoms with E-state index in [9.17, 15) is 0 Å². The maximum absolute atomic E-state index is 5.33. The van der Waals surface area contributed by atoms with E-state index in [1.807, 2.05) is 6.92 Å². The van der Waals surface area contributed by atoms with Crippen molar-refractivity contribution in [1.82, 2.24) is 14.9 Å². The Morgan fingerprint density at radius 3 is 2.68 bits per heavy atom. The lowest BCUT2D eigenvalue weighted by molar-refractivity contribution is 0.0378. The molecule has 2 heterocycles. The van der Waals surface area contributed by atoms with E-state index < -0.39 is 0 Å². The van der Waals surface area contributed by atoms with Crippen molar-refractivity contribution in [2.24, 2.45) is 0 Å². The summed E-state index contributed by atoms with van der Waals surface area (Å²) in [5.41, 5.74) is 0. The van der Waals surface area contributed by atoms with Crippen LogP contribution < -0.4 is 10.6 Å². The predicted octanol–water partition coefficient (Wildman–Crippen LogP) is 1.04. The molecule has 1 fully saturated rings. The number of hydrogen-bond donors (Lipinski definition) is 2. The second-order valence-electron chi connectivity index (χ2n) is 4.55. The molecule has 1 saturated heterocycles. The molecule has 1 aliphatic heterocycles. The van der Waals surface area contributed by atoms with Gasteiger partial charge in [0, 0.05) is 26.2 Å². The topological polar surface area (TPSA) is 62.3 Å². The van der Waals surface area contributed by atoms with Gasteiger partial charge in [-0.25, -0.2) is 4.98 Å². The minimum atomic E-state index is 0.820. The van der Waals surface area contributed by atoms with Crippen LogP contribution in [0.5, 0.6) is 0 Å². The minimum absolute atomic E-state index is 0.820. The van der Waals surface area contributed by atoms with Crippen LogP contribution in [0.3, 0.4) is 0 Å². The Morgan fingerprint density at radius 1 is 1.21 bits per heavy atom. The normalized spacial score (nSPS) is 16.3. The fourth-order valence-electron chi connectivity index (χ4n) is 2.06. The Morgan fingerprint density at radius 2 is 1.95 bits per heavy atom. The van der Waals surface area contributed by atoms with Crippen molar-refractivity contribution in [3.8, 4) is 0 Å². The molecule has 0 spiro atoms. The van der Waals surface area contributed by atoms with Gasteiger partial charge in [-0.3, -0.25) is 9.88 Å². The van der Waals surface area contributed by atoms with Crippen molar-refractivity contribution in [3.63, 3.8) is 0 Å². The molecule has 0 aromatic carbocycles. The summed E-state index contributed by atoms with van der Waals surface area (Å²) in [5.74, 6) is 1.65. The lowest BCUT2D eigenvalue weighted by Gasteiger charge is -2.26. The van der Waals surface area contributed by atoms with E-state index in [1.54, 1.807) is 12.4 Å². The summed E-state index contributed by atoms with van der Waals surface area (Å²) in [4.78, 5) is 11.0. The first-order valence-electron chi connectivity index (χ1n) is 6.98. The average molecular weight is 265 g/mol. The van der Waals surface area contributed by atoms with Gasteiger partial charge in [-0.2, -0.15) is 0 Å². The summed E-state index contributed by atoms with van der Waals surface area (Å²) in [6, 6.07) is 0. The molecule has 1 aromatic heterocycles. The number of morpholine rings is 1. The highest BCUT2D eigenvalue weighted by atomic mass is 16.5. The zero-order valence-corrected chi connectivity index (χ0v) is 11.6. The van der Waals surface area contributed by atoms with Gasteiger partial charge in [0.15, 0.2) is 0 Å². The number of anilines is 2. The molecular weight excluding hydrogens is 242 g/mol. The number of rotatable bonds is 7. The number of hydrogen-bond acceptors (Lipinski definition) is 6. The SMILES string of the molecule is CCNc1cncc(NCCCN2CCOCC2)n1. The summed E-state index contributed by atoms with van der Waals surface area (Å²) in [5, 5.41) is 6.47. The molecule has 1 aromatic rings. The predicted molar refractivity (Wildman–Crippen MR) is 76.6 cm³/mol. The molecule has 0 aliphatic carbocycles. The van der Waals surface area contributed by atoms with Gasteiger partial charge in [0.25, 0.3) is 0 Å². The molecule has 0 atom stereocenters. The fraction of sp³-hybridized carbons (Fsp3) is 0.692.